The fourth-order valence-electron chi connectivity index (χ4n) is 5.08. The number of fused-ring (bicyclic) bond motifs is 5. The van der Waals surface area contributed by atoms with Crippen LogP contribution in [0.15, 0.2) is 45.7 Å². The highest BCUT2D eigenvalue weighted by Gasteiger charge is 2.44. The van der Waals surface area contributed by atoms with Crippen LogP contribution in [-0.2, 0) is 5.41 Å². The van der Waals surface area contributed by atoms with E-state index in [9.17, 15) is 4.79 Å². The van der Waals surface area contributed by atoms with Crippen LogP contribution in [-0.4, -0.2) is 22.6 Å². The molecule has 4 nitrogen and oxygen atoms in total. The van der Waals surface area contributed by atoms with Gasteiger partial charge < -0.3 is 5.32 Å². The number of halogens is 1. The van der Waals surface area contributed by atoms with E-state index in [4.69, 9.17) is 0 Å². The van der Waals surface area contributed by atoms with E-state index in [0.29, 0.717) is 17.2 Å². The minimum absolute atomic E-state index is 0.156. The zero-order valence-electron chi connectivity index (χ0n) is 17.1. The van der Waals surface area contributed by atoms with Crippen molar-refractivity contribution in [3.05, 3.63) is 68.2 Å². The first-order valence-corrected chi connectivity index (χ1v) is 11.3. The number of nitrogens with zero attached hydrogens (tertiary/aromatic N) is 2. The highest BCUT2D eigenvalue weighted by molar-refractivity contribution is 9.10. The van der Waals surface area contributed by atoms with E-state index < -0.39 is 0 Å². The van der Waals surface area contributed by atoms with Crippen LogP contribution in [0.2, 0.25) is 0 Å². The minimum atomic E-state index is -0.298. The van der Waals surface area contributed by atoms with E-state index in [-0.39, 0.29) is 11.0 Å². The van der Waals surface area contributed by atoms with Crippen molar-refractivity contribution < 1.29 is 0 Å². The first kappa shape index (κ1) is 19.0. The molecule has 5 rings (SSSR count). The van der Waals surface area contributed by atoms with Gasteiger partial charge >= 0.3 is 0 Å². The third-order valence-electron chi connectivity index (χ3n) is 7.12. The molecule has 1 fully saturated rings. The number of hydrogen-bond donors (Lipinski definition) is 1. The average Bonchev–Trinajstić information content (AvgIpc) is 2.98. The number of hydrogen-bond acceptors (Lipinski definition) is 3. The summed E-state index contributed by atoms with van der Waals surface area (Å²) in [5.41, 5.74) is 4.34. The zero-order valence-corrected chi connectivity index (χ0v) is 18.7. The summed E-state index contributed by atoms with van der Waals surface area (Å²) >= 11 is 3.56. The van der Waals surface area contributed by atoms with Gasteiger partial charge in [-0.05, 0) is 89.9 Å². The molecule has 0 saturated carbocycles. The lowest BCUT2D eigenvalue weighted by atomic mass is 9.73. The molecular formula is C24H26BrN3O. The van der Waals surface area contributed by atoms with Gasteiger partial charge in [0.2, 0.25) is 0 Å². The second-order valence-electron chi connectivity index (χ2n) is 8.87. The summed E-state index contributed by atoms with van der Waals surface area (Å²) in [5, 5.41) is 4.11. The van der Waals surface area contributed by atoms with E-state index in [1.54, 1.807) is 0 Å². The first-order valence-electron chi connectivity index (χ1n) is 10.5. The molecule has 2 aromatic carbocycles. The van der Waals surface area contributed by atoms with Gasteiger partial charge in [-0.25, -0.2) is 0 Å². The molecule has 0 amide bonds. The topological polar surface area (TPSA) is 46.9 Å². The average molecular weight is 452 g/mol. The molecule has 3 heterocycles. The van der Waals surface area contributed by atoms with Crippen molar-refractivity contribution in [3.63, 3.8) is 0 Å². The van der Waals surface area contributed by atoms with Crippen molar-refractivity contribution in [1.29, 1.82) is 0 Å². The fourth-order valence-corrected chi connectivity index (χ4v) is 5.61. The molecule has 1 atom stereocenters. The maximum Gasteiger partial charge on any atom is 0.281 e. The Labute approximate surface area is 179 Å². The smallest absolute Gasteiger partial charge is 0.281 e. The maximum atomic E-state index is 13.0. The van der Waals surface area contributed by atoms with E-state index in [1.807, 2.05) is 18.2 Å². The lowest BCUT2D eigenvalue weighted by molar-refractivity contribution is 0.393. The molecule has 1 saturated heterocycles. The fraction of sp³-hybridized carbons (Fsp3) is 0.417. The molecule has 5 heteroatoms. The third-order valence-corrected chi connectivity index (χ3v) is 7.78. The third kappa shape index (κ3) is 2.67. The highest BCUT2D eigenvalue weighted by atomic mass is 79.9. The van der Waals surface area contributed by atoms with Crippen molar-refractivity contribution in [1.82, 2.24) is 14.9 Å². The maximum absolute atomic E-state index is 13.0. The second-order valence-corrected chi connectivity index (χ2v) is 9.72. The van der Waals surface area contributed by atoms with E-state index in [2.05, 4.69) is 69.8 Å². The van der Waals surface area contributed by atoms with Crippen LogP contribution in [0.4, 0.5) is 0 Å². The van der Waals surface area contributed by atoms with Crippen molar-refractivity contribution in [2.24, 2.45) is 5.92 Å². The molecule has 2 aliphatic rings. The SMILES string of the molecule is CC(C)C1(C)c2cc(C3CCNCC3)ccc2-n2c1nc(=O)c1c(Br)cccc12. The molecule has 0 spiro atoms. The summed E-state index contributed by atoms with van der Waals surface area (Å²) in [5.74, 6) is 1.77. The molecule has 1 unspecified atom stereocenters. The van der Waals surface area contributed by atoms with Gasteiger partial charge in [0.15, 0.2) is 0 Å². The number of piperidine rings is 1. The van der Waals surface area contributed by atoms with E-state index >= 15 is 0 Å². The molecule has 3 aromatic rings. The van der Waals surface area contributed by atoms with Crippen LogP contribution in [0, 0.1) is 5.92 Å². The van der Waals surface area contributed by atoms with Crippen molar-refractivity contribution in [2.75, 3.05) is 13.1 Å². The van der Waals surface area contributed by atoms with Crippen LogP contribution in [0.1, 0.15) is 56.5 Å². The van der Waals surface area contributed by atoms with Gasteiger partial charge in [-0.1, -0.05) is 32.0 Å². The summed E-state index contributed by atoms with van der Waals surface area (Å²) in [6, 6.07) is 12.9. The molecule has 29 heavy (non-hydrogen) atoms. The quantitative estimate of drug-likeness (QED) is 0.602. The van der Waals surface area contributed by atoms with Crippen LogP contribution < -0.4 is 10.9 Å². The van der Waals surface area contributed by atoms with Crippen molar-refractivity contribution >= 4 is 26.8 Å². The summed E-state index contributed by atoms with van der Waals surface area (Å²) in [4.78, 5) is 17.6. The molecule has 0 radical (unpaired) electrons. The summed E-state index contributed by atoms with van der Waals surface area (Å²) in [7, 11) is 0. The zero-order chi connectivity index (χ0) is 20.3. The highest BCUT2D eigenvalue weighted by Crippen LogP contribution is 2.48. The van der Waals surface area contributed by atoms with Gasteiger partial charge in [-0.3, -0.25) is 9.36 Å². The van der Waals surface area contributed by atoms with Crippen LogP contribution >= 0.6 is 15.9 Å². The molecule has 2 aliphatic heterocycles. The van der Waals surface area contributed by atoms with Gasteiger partial charge in [0.05, 0.1) is 22.0 Å². The summed E-state index contributed by atoms with van der Waals surface area (Å²) < 4.78 is 3.01. The molecule has 0 bridgehead atoms. The Hall–Kier alpha value is -1.98. The number of benzene rings is 2. The van der Waals surface area contributed by atoms with Crippen LogP contribution in [0.5, 0.6) is 0 Å². The van der Waals surface area contributed by atoms with Crippen LogP contribution in [0.25, 0.3) is 16.6 Å². The van der Waals surface area contributed by atoms with Gasteiger partial charge in [0.1, 0.15) is 5.82 Å². The monoisotopic (exact) mass is 451 g/mol. The van der Waals surface area contributed by atoms with Gasteiger partial charge in [0, 0.05) is 4.47 Å². The largest absolute Gasteiger partial charge is 0.317 e. The Balaban J connectivity index is 1.81. The van der Waals surface area contributed by atoms with Crippen LogP contribution in [0.3, 0.4) is 0 Å². The summed E-state index contributed by atoms with van der Waals surface area (Å²) in [6.45, 7) is 8.87. The van der Waals surface area contributed by atoms with Gasteiger partial charge in [-0.15, -0.1) is 0 Å². The van der Waals surface area contributed by atoms with Crippen molar-refractivity contribution in [2.45, 2.75) is 44.9 Å². The Morgan fingerprint density at radius 2 is 1.97 bits per heavy atom. The lowest BCUT2D eigenvalue weighted by Gasteiger charge is -2.30. The van der Waals surface area contributed by atoms with E-state index in [0.717, 1.165) is 34.6 Å². The lowest BCUT2D eigenvalue weighted by Crippen LogP contribution is -2.32. The Kier molecular flexibility index (Phi) is 4.44. The van der Waals surface area contributed by atoms with Crippen molar-refractivity contribution in [3.8, 4) is 5.69 Å². The predicted molar refractivity (Wildman–Crippen MR) is 121 cm³/mol. The molecular weight excluding hydrogens is 426 g/mol. The van der Waals surface area contributed by atoms with E-state index in [1.165, 1.54) is 24.0 Å². The standard InChI is InChI=1S/C24H26BrN3O/c1-14(2)24(3)17-13-16(15-9-11-26-12-10-15)7-8-19(17)28-20-6-4-5-18(25)21(20)22(29)27-23(24)28/h4-8,13-15,26H,9-12H2,1-3H3. The Morgan fingerprint density at radius 1 is 1.21 bits per heavy atom. The molecule has 1 N–H and O–H groups in total. The number of rotatable bonds is 2. The second kappa shape index (κ2) is 6.78. The molecule has 1 aromatic heterocycles. The molecule has 0 aliphatic carbocycles. The minimum Gasteiger partial charge on any atom is -0.317 e. The Bertz CT molecular complexity index is 1180. The van der Waals surface area contributed by atoms with Gasteiger partial charge in [0.25, 0.3) is 5.56 Å². The molecule has 150 valence electrons. The summed E-state index contributed by atoms with van der Waals surface area (Å²) in [6.07, 6.45) is 2.35. The normalized spacial score (nSPS) is 21.6. The predicted octanol–water partition coefficient (Wildman–Crippen LogP) is 4.89. The first-order chi connectivity index (χ1) is 13.9. The van der Waals surface area contributed by atoms with Gasteiger partial charge in [-0.2, -0.15) is 4.98 Å². The Morgan fingerprint density at radius 3 is 2.69 bits per heavy atom. The number of nitrogens with one attached hydrogen (secondary N) is 1. The number of aromatic nitrogens is 2.